The molecule has 0 radical (unpaired) electrons. The highest BCUT2D eigenvalue weighted by molar-refractivity contribution is 5.88. The highest BCUT2D eigenvalue weighted by Crippen LogP contribution is 2.28. The Bertz CT molecular complexity index is 478. The first-order valence-electron chi connectivity index (χ1n) is 6.25. The van der Waals surface area contributed by atoms with Gasteiger partial charge in [-0.1, -0.05) is 0 Å². The van der Waals surface area contributed by atoms with Gasteiger partial charge < -0.3 is 20.5 Å². The molecule has 3 N–H and O–H groups in total. The van der Waals surface area contributed by atoms with Gasteiger partial charge in [-0.2, -0.15) is 0 Å². The summed E-state index contributed by atoms with van der Waals surface area (Å²) >= 11 is 0. The monoisotopic (exact) mass is 265 g/mol. The molecule has 0 bridgehead atoms. The first-order chi connectivity index (χ1) is 8.93. The molecule has 1 aliphatic rings. The topological polar surface area (TPSA) is 88.7 Å². The summed E-state index contributed by atoms with van der Waals surface area (Å²) in [5.74, 6) is 0.101. The highest BCUT2D eigenvalue weighted by atomic mass is 16.5. The molecule has 0 unspecified atom stereocenters. The van der Waals surface area contributed by atoms with Crippen molar-refractivity contribution in [2.75, 3.05) is 30.8 Å². The second-order valence-electron chi connectivity index (χ2n) is 5.08. The van der Waals surface area contributed by atoms with Gasteiger partial charge in [-0.25, -0.2) is 9.78 Å². The summed E-state index contributed by atoms with van der Waals surface area (Å²) in [6.07, 6.45) is 1.30. The standard InChI is InChI=1S/C13H19N3O3/c1-13(18)5-7-16(8-6-13)11-9(14)3-4-10(15-11)12(17)19-2/h3-4,18H,5-8,14H2,1-2H3. The fourth-order valence-electron chi connectivity index (χ4n) is 2.13. The molecular formula is C13H19N3O3. The van der Waals surface area contributed by atoms with Gasteiger partial charge in [0.2, 0.25) is 0 Å². The summed E-state index contributed by atoms with van der Waals surface area (Å²) in [5.41, 5.74) is 6.04. The van der Waals surface area contributed by atoms with E-state index in [0.717, 1.165) is 0 Å². The molecule has 1 saturated heterocycles. The van der Waals surface area contributed by atoms with Crippen molar-refractivity contribution in [3.05, 3.63) is 17.8 Å². The van der Waals surface area contributed by atoms with Crippen LogP contribution in [0.4, 0.5) is 11.5 Å². The van der Waals surface area contributed by atoms with E-state index < -0.39 is 11.6 Å². The van der Waals surface area contributed by atoms with Gasteiger partial charge in [0.25, 0.3) is 0 Å². The molecule has 0 spiro atoms. The SMILES string of the molecule is COC(=O)c1ccc(N)c(N2CCC(C)(O)CC2)n1. The molecule has 1 aromatic heterocycles. The van der Waals surface area contributed by atoms with Gasteiger partial charge in [-0.05, 0) is 31.9 Å². The van der Waals surface area contributed by atoms with Crippen LogP contribution in [0.25, 0.3) is 0 Å². The fraction of sp³-hybridized carbons (Fsp3) is 0.538. The number of methoxy groups -OCH3 is 1. The molecule has 0 amide bonds. The zero-order valence-corrected chi connectivity index (χ0v) is 11.2. The van der Waals surface area contributed by atoms with Crippen LogP contribution in [0.5, 0.6) is 0 Å². The van der Waals surface area contributed by atoms with Crippen molar-refractivity contribution in [2.45, 2.75) is 25.4 Å². The average molecular weight is 265 g/mol. The summed E-state index contributed by atoms with van der Waals surface area (Å²) in [6, 6.07) is 3.20. The first kappa shape index (κ1) is 13.6. The van der Waals surface area contributed by atoms with Crippen molar-refractivity contribution in [1.29, 1.82) is 0 Å². The molecule has 1 aliphatic heterocycles. The summed E-state index contributed by atoms with van der Waals surface area (Å²) in [6.45, 7) is 3.15. The van der Waals surface area contributed by atoms with E-state index in [4.69, 9.17) is 5.73 Å². The largest absolute Gasteiger partial charge is 0.464 e. The van der Waals surface area contributed by atoms with Crippen LogP contribution >= 0.6 is 0 Å². The van der Waals surface area contributed by atoms with Crippen LogP contribution in [0.1, 0.15) is 30.3 Å². The summed E-state index contributed by atoms with van der Waals surface area (Å²) in [4.78, 5) is 17.7. The number of esters is 1. The van der Waals surface area contributed by atoms with Crippen molar-refractivity contribution >= 4 is 17.5 Å². The van der Waals surface area contributed by atoms with Gasteiger partial charge in [-0.15, -0.1) is 0 Å². The van der Waals surface area contributed by atoms with Crippen LogP contribution in [0.2, 0.25) is 0 Å². The number of hydrogen-bond acceptors (Lipinski definition) is 6. The zero-order chi connectivity index (χ0) is 14.0. The molecule has 2 heterocycles. The van der Waals surface area contributed by atoms with Crippen LogP contribution < -0.4 is 10.6 Å². The Morgan fingerprint density at radius 1 is 1.47 bits per heavy atom. The lowest BCUT2D eigenvalue weighted by atomic mass is 9.94. The quantitative estimate of drug-likeness (QED) is 0.769. The van der Waals surface area contributed by atoms with Gasteiger partial charge in [-0.3, -0.25) is 0 Å². The molecule has 0 saturated carbocycles. The first-order valence-corrected chi connectivity index (χ1v) is 6.25. The van der Waals surface area contributed by atoms with Crippen LogP contribution in [0.3, 0.4) is 0 Å². The van der Waals surface area contributed by atoms with Gasteiger partial charge >= 0.3 is 5.97 Å². The molecule has 1 fully saturated rings. The molecule has 6 heteroatoms. The number of nitrogens with two attached hydrogens (primary N) is 1. The molecule has 2 rings (SSSR count). The molecule has 19 heavy (non-hydrogen) atoms. The number of carbonyl (C=O) groups is 1. The number of nitrogens with zero attached hydrogens (tertiary/aromatic N) is 2. The Hall–Kier alpha value is -1.82. The van der Waals surface area contributed by atoms with Crippen LogP contribution in [0, 0.1) is 0 Å². The van der Waals surface area contributed by atoms with E-state index >= 15 is 0 Å². The van der Waals surface area contributed by atoms with E-state index in [1.807, 2.05) is 11.8 Å². The summed E-state index contributed by atoms with van der Waals surface area (Å²) in [5, 5.41) is 9.94. The van der Waals surface area contributed by atoms with E-state index in [0.29, 0.717) is 37.4 Å². The Morgan fingerprint density at radius 3 is 2.68 bits per heavy atom. The normalized spacial score (nSPS) is 18.2. The maximum atomic E-state index is 11.5. The number of rotatable bonds is 2. The van der Waals surface area contributed by atoms with Crippen LogP contribution in [-0.4, -0.2) is 41.9 Å². The van der Waals surface area contributed by atoms with Crippen molar-refractivity contribution in [2.24, 2.45) is 0 Å². The lowest BCUT2D eigenvalue weighted by molar-refractivity contribution is 0.0349. The second-order valence-corrected chi connectivity index (χ2v) is 5.08. The van der Waals surface area contributed by atoms with Crippen molar-refractivity contribution in [3.8, 4) is 0 Å². The third kappa shape index (κ3) is 2.96. The summed E-state index contributed by atoms with van der Waals surface area (Å²) in [7, 11) is 1.32. The molecule has 0 aromatic carbocycles. The number of pyridine rings is 1. The fourth-order valence-corrected chi connectivity index (χ4v) is 2.13. The minimum absolute atomic E-state index is 0.240. The number of anilines is 2. The third-order valence-corrected chi connectivity index (χ3v) is 3.44. The number of piperidine rings is 1. The number of aliphatic hydroxyl groups is 1. The Kier molecular flexibility index (Phi) is 3.61. The molecular weight excluding hydrogens is 246 g/mol. The van der Waals surface area contributed by atoms with Crippen LogP contribution in [0.15, 0.2) is 12.1 Å². The minimum Gasteiger partial charge on any atom is -0.464 e. The molecule has 0 aliphatic carbocycles. The van der Waals surface area contributed by atoms with Gasteiger partial charge in [0.05, 0.1) is 18.4 Å². The number of carbonyl (C=O) groups excluding carboxylic acids is 1. The number of ether oxygens (including phenoxy) is 1. The molecule has 6 nitrogen and oxygen atoms in total. The Morgan fingerprint density at radius 2 is 2.11 bits per heavy atom. The lowest BCUT2D eigenvalue weighted by Gasteiger charge is -2.36. The van der Waals surface area contributed by atoms with E-state index in [2.05, 4.69) is 9.72 Å². The Labute approximate surface area is 112 Å². The number of nitrogen functional groups attached to an aromatic ring is 1. The number of hydrogen-bond donors (Lipinski definition) is 2. The van der Waals surface area contributed by atoms with Crippen molar-refractivity contribution in [1.82, 2.24) is 4.98 Å². The van der Waals surface area contributed by atoms with Crippen molar-refractivity contribution in [3.63, 3.8) is 0 Å². The van der Waals surface area contributed by atoms with E-state index in [1.165, 1.54) is 7.11 Å². The van der Waals surface area contributed by atoms with Gasteiger partial charge in [0.1, 0.15) is 0 Å². The molecule has 104 valence electrons. The predicted molar refractivity (Wildman–Crippen MR) is 72.1 cm³/mol. The second kappa shape index (κ2) is 5.05. The lowest BCUT2D eigenvalue weighted by Crippen LogP contribution is -2.43. The van der Waals surface area contributed by atoms with E-state index in [-0.39, 0.29) is 5.69 Å². The van der Waals surface area contributed by atoms with Crippen LogP contribution in [-0.2, 0) is 4.74 Å². The maximum absolute atomic E-state index is 11.5. The van der Waals surface area contributed by atoms with Gasteiger partial charge in [0, 0.05) is 13.1 Å². The van der Waals surface area contributed by atoms with Crippen molar-refractivity contribution < 1.29 is 14.6 Å². The maximum Gasteiger partial charge on any atom is 0.356 e. The highest BCUT2D eigenvalue weighted by Gasteiger charge is 2.29. The van der Waals surface area contributed by atoms with Gasteiger partial charge in [0.15, 0.2) is 11.5 Å². The Balaban J connectivity index is 2.22. The van der Waals surface area contributed by atoms with E-state index in [1.54, 1.807) is 12.1 Å². The molecule has 0 atom stereocenters. The average Bonchev–Trinajstić information content (AvgIpc) is 2.39. The predicted octanol–water partition coefficient (Wildman–Crippen LogP) is 0.802. The molecule has 1 aromatic rings. The zero-order valence-electron chi connectivity index (χ0n) is 11.2. The summed E-state index contributed by atoms with van der Waals surface area (Å²) < 4.78 is 4.65. The van der Waals surface area contributed by atoms with E-state index in [9.17, 15) is 9.90 Å². The minimum atomic E-state index is -0.634. The number of aromatic nitrogens is 1. The smallest absolute Gasteiger partial charge is 0.356 e. The third-order valence-electron chi connectivity index (χ3n) is 3.44.